The number of rotatable bonds is 11. The Hall–Kier alpha value is -2.45. The molecule has 0 fully saturated rings. The molecule has 1 aromatic carbocycles. The van der Waals surface area contributed by atoms with E-state index in [1.54, 1.807) is 12.1 Å². The monoisotopic (exact) mass is 421 g/mol. The topological polar surface area (TPSA) is 117 Å². The maximum Gasteiger partial charge on any atom is 0.320 e. The quantitative estimate of drug-likeness (QED) is 0.436. The lowest BCUT2D eigenvalue weighted by atomic mass is 10.0. The van der Waals surface area contributed by atoms with Gasteiger partial charge in [-0.05, 0) is 52.2 Å². The Morgan fingerprint density at radius 2 is 1.60 bits per heavy atom. The van der Waals surface area contributed by atoms with Crippen molar-refractivity contribution in [2.75, 3.05) is 11.9 Å². The lowest BCUT2D eigenvalue weighted by Gasteiger charge is -2.28. The molecule has 1 aromatic rings. The normalized spacial score (nSPS) is 14.6. The van der Waals surface area contributed by atoms with Gasteiger partial charge >= 0.3 is 5.97 Å². The van der Waals surface area contributed by atoms with Gasteiger partial charge in [-0.25, -0.2) is 0 Å². The van der Waals surface area contributed by atoms with E-state index >= 15 is 0 Å². The number of anilines is 1. The van der Waals surface area contributed by atoms with Gasteiger partial charge in [0.25, 0.3) is 0 Å². The van der Waals surface area contributed by atoms with Crippen LogP contribution in [0.3, 0.4) is 0 Å². The zero-order chi connectivity index (χ0) is 22.9. The zero-order valence-electron chi connectivity index (χ0n) is 18.7. The first-order chi connectivity index (χ1) is 13.9. The molecule has 0 saturated carbocycles. The summed E-state index contributed by atoms with van der Waals surface area (Å²) in [5.74, 6) is -1.73. The average molecular weight is 422 g/mol. The number of carbonyl (C=O) groups is 3. The predicted molar refractivity (Wildman–Crippen MR) is 116 cm³/mol. The van der Waals surface area contributed by atoms with Crippen LogP contribution < -0.4 is 16.0 Å². The minimum atomic E-state index is -1.08. The average Bonchev–Trinajstić information content (AvgIpc) is 2.63. The fourth-order valence-electron chi connectivity index (χ4n) is 2.63. The van der Waals surface area contributed by atoms with E-state index in [1.807, 2.05) is 52.8 Å². The molecule has 0 saturated heterocycles. The van der Waals surface area contributed by atoms with Gasteiger partial charge in [-0.2, -0.15) is 0 Å². The molecule has 0 aliphatic heterocycles. The van der Waals surface area contributed by atoms with Crippen molar-refractivity contribution < 1.29 is 24.2 Å². The Balaban J connectivity index is 2.93. The Kier molecular flexibility index (Phi) is 9.95. The maximum absolute atomic E-state index is 12.9. The van der Waals surface area contributed by atoms with E-state index in [0.29, 0.717) is 12.1 Å². The number of benzene rings is 1. The summed E-state index contributed by atoms with van der Waals surface area (Å²) in [5.41, 5.74) is 0.130. The summed E-state index contributed by atoms with van der Waals surface area (Å²) in [4.78, 5) is 37.0. The molecule has 0 spiro atoms. The van der Waals surface area contributed by atoms with Crippen molar-refractivity contribution in [3.63, 3.8) is 0 Å². The molecule has 0 radical (unpaired) electrons. The standard InChI is InChI=1S/C22H35N3O5/c1-14(2)12-17(19(26)24-16-10-8-7-9-11-16)25-20(27)18(13-30-22(4,5)6)23-15(3)21(28)29/h7-11,14-15,17-18,23H,12-13H2,1-6H3,(H,24,26)(H,25,27)(H,28,29)/t15-,17+,18+/m1/s1. The minimum Gasteiger partial charge on any atom is -0.480 e. The third-order valence-corrected chi connectivity index (χ3v) is 4.20. The van der Waals surface area contributed by atoms with E-state index in [-0.39, 0.29) is 18.4 Å². The molecular formula is C22H35N3O5. The van der Waals surface area contributed by atoms with Crippen LogP contribution >= 0.6 is 0 Å². The number of aliphatic carboxylic acids is 1. The van der Waals surface area contributed by atoms with Crippen molar-refractivity contribution in [2.24, 2.45) is 5.92 Å². The van der Waals surface area contributed by atoms with Gasteiger partial charge in [0, 0.05) is 5.69 Å². The summed E-state index contributed by atoms with van der Waals surface area (Å²) >= 11 is 0. The Bertz CT molecular complexity index is 700. The van der Waals surface area contributed by atoms with E-state index in [9.17, 15) is 19.5 Å². The number of nitrogens with one attached hydrogen (secondary N) is 3. The summed E-state index contributed by atoms with van der Waals surface area (Å²) in [6.07, 6.45) is 0.436. The molecule has 4 N–H and O–H groups in total. The van der Waals surface area contributed by atoms with Gasteiger partial charge < -0.3 is 20.5 Å². The maximum atomic E-state index is 12.9. The van der Waals surface area contributed by atoms with Gasteiger partial charge in [0.2, 0.25) is 11.8 Å². The van der Waals surface area contributed by atoms with E-state index in [0.717, 1.165) is 0 Å². The second kappa shape index (κ2) is 11.7. The van der Waals surface area contributed by atoms with Crippen LogP contribution in [0.2, 0.25) is 0 Å². The molecule has 168 valence electrons. The van der Waals surface area contributed by atoms with Crippen molar-refractivity contribution in [1.29, 1.82) is 0 Å². The van der Waals surface area contributed by atoms with Crippen molar-refractivity contribution >= 4 is 23.5 Å². The van der Waals surface area contributed by atoms with E-state index in [1.165, 1.54) is 6.92 Å². The number of carboxylic acid groups (broad SMARTS) is 1. The van der Waals surface area contributed by atoms with Crippen LogP contribution in [-0.4, -0.2) is 53.2 Å². The van der Waals surface area contributed by atoms with Crippen LogP contribution in [0.4, 0.5) is 5.69 Å². The van der Waals surface area contributed by atoms with Gasteiger partial charge in [0.15, 0.2) is 0 Å². The van der Waals surface area contributed by atoms with Crippen LogP contribution in [0, 0.1) is 5.92 Å². The molecule has 2 amide bonds. The predicted octanol–water partition coefficient (Wildman–Crippen LogP) is 2.40. The third-order valence-electron chi connectivity index (χ3n) is 4.20. The smallest absolute Gasteiger partial charge is 0.320 e. The summed E-state index contributed by atoms with van der Waals surface area (Å²) in [6.45, 7) is 10.9. The molecule has 0 heterocycles. The zero-order valence-corrected chi connectivity index (χ0v) is 18.7. The summed E-state index contributed by atoms with van der Waals surface area (Å²) in [5, 5.41) is 17.5. The second-order valence-corrected chi connectivity index (χ2v) is 8.75. The molecule has 0 bridgehead atoms. The number of carbonyl (C=O) groups excluding carboxylic acids is 2. The molecule has 0 aromatic heterocycles. The van der Waals surface area contributed by atoms with Crippen molar-refractivity contribution in [2.45, 2.75) is 71.7 Å². The van der Waals surface area contributed by atoms with Crippen molar-refractivity contribution in [3.8, 4) is 0 Å². The van der Waals surface area contributed by atoms with E-state index in [2.05, 4.69) is 16.0 Å². The highest BCUT2D eigenvalue weighted by Crippen LogP contribution is 2.12. The number of hydrogen-bond acceptors (Lipinski definition) is 5. The molecular weight excluding hydrogens is 386 g/mol. The number of amides is 2. The Morgan fingerprint density at radius 1 is 1.00 bits per heavy atom. The van der Waals surface area contributed by atoms with Gasteiger partial charge in [0.05, 0.1) is 12.2 Å². The molecule has 0 unspecified atom stereocenters. The SMILES string of the molecule is CC(C)C[C@H](NC(=O)[C@H](COC(C)(C)C)N[C@H](C)C(=O)O)C(=O)Nc1ccccc1. The van der Waals surface area contributed by atoms with E-state index < -0.39 is 35.6 Å². The molecule has 30 heavy (non-hydrogen) atoms. The Labute approximate surface area is 178 Å². The van der Waals surface area contributed by atoms with Crippen LogP contribution in [0.5, 0.6) is 0 Å². The van der Waals surface area contributed by atoms with Crippen LogP contribution in [0.15, 0.2) is 30.3 Å². The molecule has 1 rings (SSSR count). The van der Waals surface area contributed by atoms with Crippen molar-refractivity contribution in [3.05, 3.63) is 30.3 Å². The highest BCUT2D eigenvalue weighted by molar-refractivity contribution is 5.98. The molecule has 8 nitrogen and oxygen atoms in total. The first-order valence-corrected chi connectivity index (χ1v) is 10.2. The fraction of sp³-hybridized carbons (Fsp3) is 0.591. The number of para-hydroxylation sites is 1. The lowest BCUT2D eigenvalue weighted by molar-refractivity contribution is -0.140. The van der Waals surface area contributed by atoms with Crippen LogP contribution in [0.1, 0.15) is 48.0 Å². The highest BCUT2D eigenvalue weighted by atomic mass is 16.5. The molecule has 8 heteroatoms. The Morgan fingerprint density at radius 3 is 2.10 bits per heavy atom. The summed E-state index contributed by atoms with van der Waals surface area (Å²) in [7, 11) is 0. The molecule has 0 aliphatic carbocycles. The van der Waals surface area contributed by atoms with Crippen molar-refractivity contribution in [1.82, 2.24) is 10.6 Å². The minimum absolute atomic E-state index is 0.0261. The molecule has 3 atom stereocenters. The fourth-order valence-corrected chi connectivity index (χ4v) is 2.63. The van der Waals surface area contributed by atoms with E-state index in [4.69, 9.17) is 4.74 Å². The summed E-state index contributed by atoms with van der Waals surface area (Å²) in [6, 6.07) is 6.35. The van der Waals surface area contributed by atoms with Crippen LogP contribution in [0.25, 0.3) is 0 Å². The number of carboxylic acids is 1. The first kappa shape index (κ1) is 25.6. The van der Waals surface area contributed by atoms with Gasteiger partial charge in [0.1, 0.15) is 18.1 Å². The highest BCUT2D eigenvalue weighted by Gasteiger charge is 2.29. The number of ether oxygens (including phenoxy) is 1. The van der Waals surface area contributed by atoms with Gasteiger partial charge in [-0.3, -0.25) is 19.7 Å². The first-order valence-electron chi connectivity index (χ1n) is 10.2. The van der Waals surface area contributed by atoms with Gasteiger partial charge in [-0.1, -0.05) is 32.0 Å². The lowest BCUT2D eigenvalue weighted by Crippen LogP contribution is -2.56. The number of hydrogen-bond donors (Lipinski definition) is 4. The second-order valence-electron chi connectivity index (χ2n) is 8.75. The third kappa shape index (κ3) is 9.84. The van der Waals surface area contributed by atoms with Gasteiger partial charge in [-0.15, -0.1) is 0 Å². The molecule has 0 aliphatic rings. The largest absolute Gasteiger partial charge is 0.480 e. The summed E-state index contributed by atoms with van der Waals surface area (Å²) < 4.78 is 5.70. The van der Waals surface area contributed by atoms with Crippen LogP contribution in [-0.2, 0) is 19.1 Å².